The van der Waals surface area contributed by atoms with Gasteiger partial charge in [-0.3, -0.25) is 9.69 Å². The van der Waals surface area contributed by atoms with Crippen molar-refractivity contribution in [3.05, 3.63) is 65.1 Å². The van der Waals surface area contributed by atoms with E-state index in [4.69, 9.17) is 16.3 Å². The first-order valence-corrected chi connectivity index (χ1v) is 10.0. The smallest absolute Gasteiger partial charge is 0.408 e. The number of benzene rings is 2. The second-order valence-corrected chi connectivity index (χ2v) is 8.52. The summed E-state index contributed by atoms with van der Waals surface area (Å²) in [5, 5.41) is 10.0. The first-order chi connectivity index (χ1) is 14.6. The molecular formula is C23H24ClN3O4. The van der Waals surface area contributed by atoms with Gasteiger partial charge in [-0.2, -0.15) is 0 Å². The molecule has 0 fully saturated rings. The highest BCUT2D eigenvalue weighted by atomic mass is 35.5. The van der Waals surface area contributed by atoms with Crippen LogP contribution >= 0.6 is 11.6 Å². The number of amides is 1. The van der Waals surface area contributed by atoms with Crippen LogP contribution in [0.3, 0.4) is 0 Å². The topological polar surface area (TPSA) is 84.7 Å². The Bertz CT molecular complexity index is 1100. The zero-order valence-electron chi connectivity index (χ0n) is 17.8. The number of ether oxygens (including phenoxy) is 1. The molecule has 1 N–H and O–H groups in total. The highest BCUT2D eigenvalue weighted by Gasteiger charge is 2.27. The Labute approximate surface area is 185 Å². The normalized spacial score (nSPS) is 11.3. The van der Waals surface area contributed by atoms with Crippen LogP contribution in [-0.2, 0) is 13.6 Å². The summed E-state index contributed by atoms with van der Waals surface area (Å²) in [4.78, 5) is 28.6. The van der Waals surface area contributed by atoms with Crippen LogP contribution < -0.4 is 4.74 Å². The van der Waals surface area contributed by atoms with Crippen molar-refractivity contribution >= 4 is 24.0 Å². The van der Waals surface area contributed by atoms with E-state index in [0.717, 1.165) is 17.5 Å². The third kappa shape index (κ3) is 5.06. The highest BCUT2D eigenvalue weighted by molar-refractivity contribution is 6.30. The van der Waals surface area contributed by atoms with Gasteiger partial charge in [0.25, 0.3) is 0 Å². The van der Waals surface area contributed by atoms with E-state index in [1.165, 1.54) is 4.90 Å². The van der Waals surface area contributed by atoms with Crippen LogP contribution in [0.1, 0.15) is 37.0 Å². The van der Waals surface area contributed by atoms with Gasteiger partial charge < -0.3 is 14.4 Å². The van der Waals surface area contributed by atoms with Crippen LogP contribution in [-0.4, -0.2) is 37.5 Å². The summed E-state index contributed by atoms with van der Waals surface area (Å²) in [5.74, 6) is 1.58. The number of carbonyl (C=O) groups excluding carboxylic acids is 1. The molecule has 1 amide bonds. The van der Waals surface area contributed by atoms with E-state index in [0.29, 0.717) is 27.9 Å². The number of nitrogens with zero attached hydrogens (tertiary/aromatic N) is 3. The molecule has 0 aliphatic heterocycles. The van der Waals surface area contributed by atoms with Crippen LogP contribution in [0.2, 0.25) is 5.02 Å². The zero-order chi connectivity index (χ0) is 22.8. The fourth-order valence-corrected chi connectivity index (χ4v) is 3.27. The average molecular weight is 442 g/mol. The molecular weight excluding hydrogens is 418 g/mol. The summed E-state index contributed by atoms with van der Waals surface area (Å²) in [6, 6.07) is 12.2. The second kappa shape index (κ2) is 8.81. The lowest BCUT2D eigenvalue weighted by Gasteiger charge is -2.32. The Morgan fingerprint density at radius 2 is 1.90 bits per heavy atom. The van der Waals surface area contributed by atoms with Crippen molar-refractivity contribution in [2.45, 2.75) is 32.9 Å². The molecule has 31 heavy (non-hydrogen) atoms. The quantitative estimate of drug-likeness (QED) is 0.501. The fourth-order valence-electron chi connectivity index (χ4n) is 3.11. The standard InChI is InChI=1S/C23H24ClN3O4/c1-23(2,3)27(22(29)30)13-21-25-12-19(26(21)4)15-6-9-18(10-7-15)31-20-11-17(24)8-5-16(20)14-28/h5-12,14H,13H2,1-4H3,(H,29,30). The summed E-state index contributed by atoms with van der Waals surface area (Å²) in [7, 11) is 1.85. The molecule has 1 aromatic heterocycles. The Balaban J connectivity index is 1.82. The van der Waals surface area contributed by atoms with Crippen LogP contribution in [0.4, 0.5) is 4.79 Å². The molecule has 162 valence electrons. The minimum atomic E-state index is -0.991. The van der Waals surface area contributed by atoms with Crippen molar-refractivity contribution in [3.8, 4) is 22.8 Å². The third-order valence-electron chi connectivity index (χ3n) is 4.91. The second-order valence-electron chi connectivity index (χ2n) is 8.08. The van der Waals surface area contributed by atoms with E-state index in [-0.39, 0.29) is 6.54 Å². The summed E-state index contributed by atoms with van der Waals surface area (Å²) in [6.07, 6.45) is 1.44. The number of hydrogen-bond acceptors (Lipinski definition) is 4. The fraction of sp³-hybridized carbons (Fsp3) is 0.261. The lowest BCUT2D eigenvalue weighted by atomic mass is 10.1. The van der Waals surface area contributed by atoms with Crippen molar-refractivity contribution < 1.29 is 19.4 Å². The van der Waals surface area contributed by atoms with Gasteiger partial charge in [0.2, 0.25) is 0 Å². The van der Waals surface area contributed by atoms with Gasteiger partial charge in [0.1, 0.15) is 17.3 Å². The van der Waals surface area contributed by atoms with Crippen molar-refractivity contribution in [3.63, 3.8) is 0 Å². The van der Waals surface area contributed by atoms with E-state index in [2.05, 4.69) is 4.98 Å². The lowest BCUT2D eigenvalue weighted by molar-refractivity contribution is 0.0932. The van der Waals surface area contributed by atoms with Crippen LogP contribution in [0, 0.1) is 0 Å². The minimum Gasteiger partial charge on any atom is -0.465 e. The van der Waals surface area contributed by atoms with E-state index >= 15 is 0 Å². The number of aromatic nitrogens is 2. The van der Waals surface area contributed by atoms with E-state index in [1.807, 2.05) is 44.5 Å². The molecule has 0 radical (unpaired) electrons. The number of hydrogen-bond donors (Lipinski definition) is 1. The van der Waals surface area contributed by atoms with E-state index < -0.39 is 11.6 Å². The highest BCUT2D eigenvalue weighted by Crippen LogP contribution is 2.30. The third-order valence-corrected chi connectivity index (χ3v) is 5.14. The summed E-state index contributed by atoms with van der Waals surface area (Å²) in [5.41, 5.74) is 1.61. The molecule has 2 aromatic carbocycles. The number of aldehydes is 1. The maximum atomic E-state index is 11.6. The molecule has 0 unspecified atom stereocenters. The first-order valence-electron chi connectivity index (χ1n) is 9.64. The predicted molar refractivity (Wildman–Crippen MR) is 119 cm³/mol. The Morgan fingerprint density at radius 1 is 1.23 bits per heavy atom. The van der Waals surface area contributed by atoms with Gasteiger partial charge in [-0.1, -0.05) is 11.6 Å². The molecule has 0 saturated carbocycles. The van der Waals surface area contributed by atoms with Crippen LogP contribution in [0.25, 0.3) is 11.3 Å². The van der Waals surface area contributed by atoms with E-state index in [1.54, 1.807) is 36.5 Å². The van der Waals surface area contributed by atoms with Crippen LogP contribution in [0.15, 0.2) is 48.7 Å². The first kappa shape index (κ1) is 22.4. The Kier molecular flexibility index (Phi) is 6.36. The van der Waals surface area contributed by atoms with Crippen molar-refractivity contribution in [2.75, 3.05) is 0 Å². The molecule has 0 spiro atoms. The van der Waals surface area contributed by atoms with Crippen LogP contribution in [0.5, 0.6) is 11.5 Å². The number of imidazole rings is 1. The molecule has 0 saturated heterocycles. The van der Waals surface area contributed by atoms with Gasteiger partial charge in [-0.25, -0.2) is 9.78 Å². The maximum absolute atomic E-state index is 11.6. The van der Waals surface area contributed by atoms with Gasteiger partial charge in [0.15, 0.2) is 6.29 Å². The lowest BCUT2D eigenvalue weighted by Crippen LogP contribution is -2.44. The number of rotatable bonds is 6. The molecule has 0 bridgehead atoms. The van der Waals surface area contributed by atoms with Gasteiger partial charge in [-0.05, 0) is 57.2 Å². The van der Waals surface area contributed by atoms with E-state index in [9.17, 15) is 14.7 Å². The molecule has 0 atom stereocenters. The molecule has 8 heteroatoms. The number of carbonyl (C=O) groups is 2. The number of halogens is 1. The van der Waals surface area contributed by atoms with Gasteiger partial charge in [0, 0.05) is 29.2 Å². The SMILES string of the molecule is Cn1c(-c2ccc(Oc3cc(Cl)ccc3C=O)cc2)cnc1CN(C(=O)O)C(C)(C)C. The van der Waals surface area contributed by atoms with Crippen molar-refractivity contribution in [2.24, 2.45) is 7.05 Å². The molecule has 3 aromatic rings. The molecule has 0 aliphatic rings. The molecule has 1 heterocycles. The molecule has 0 aliphatic carbocycles. The van der Waals surface area contributed by atoms with Gasteiger partial charge in [0.05, 0.1) is 24.0 Å². The van der Waals surface area contributed by atoms with Crippen molar-refractivity contribution in [1.29, 1.82) is 0 Å². The predicted octanol–water partition coefficient (Wildman–Crippen LogP) is 5.62. The van der Waals surface area contributed by atoms with Gasteiger partial charge in [-0.15, -0.1) is 0 Å². The summed E-state index contributed by atoms with van der Waals surface area (Å²) >= 11 is 6.00. The average Bonchev–Trinajstić information content (AvgIpc) is 3.06. The summed E-state index contributed by atoms with van der Waals surface area (Å²) < 4.78 is 7.69. The Hall–Kier alpha value is -3.32. The largest absolute Gasteiger partial charge is 0.465 e. The Morgan fingerprint density at radius 3 is 2.48 bits per heavy atom. The van der Waals surface area contributed by atoms with Crippen molar-refractivity contribution in [1.82, 2.24) is 14.5 Å². The monoisotopic (exact) mass is 441 g/mol. The molecule has 3 rings (SSSR count). The zero-order valence-corrected chi connectivity index (χ0v) is 18.6. The number of carboxylic acid groups (broad SMARTS) is 1. The molecule has 7 nitrogen and oxygen atoms in total. The maximum Gasteiger partial charge on any atom is 0.408 e. The van der Waals surface area contributed by atoms with Gasteiger partial charge >= 0.3 is 6.09 Å². The summed E-state index contributed by atoms with van der Waals surface area (Å²) in [6.45, 7) is 5.72. The minimum absolute atomic E-state index is 0.180.